The molecule has 1 spiro atoms. The van der Waals surface area contributed by atoms with E-state index >= 15 is 0 Å². The minimum Gasteiger partial charge on any atom is -0.322 e. The summed E-state index contributed by atoms with van der Waals surface area (Å²) in [6.07, 6.45) is 6.97. The number of fused-ring (bicyclic) bond motifs is 1. The van der Waals surface area contributed by atoms with Crippen LogP contribution < -0.4 is 10.6 Å². The number of nitrogens with one attached hydrogen (secondary N) is 2. The molecule has 3 heterocycles. The average molecular weight is 411 g/mol. The molecule has 3 aliphatic heterocycles. The smallest absolute Gasteiger partial charge is 0.255 e. The Labute approximate surface area is 177 Å². The van der Waals surface area contributed by atoms with Crippen molar-refractivity contribution in [3.05, 3.63) is 34.9 Å². The second-order valence-corrected chi connectivity index (χ2v) is 9.23. The van der Waals surface area contributed by atoms with Crippen LogP contribution in [0.25, 0.3) is 0 Å². The van der Waals surface area contributed by atoms with Crippen LogP contribution in [0.1, 0.15) is 66.4 Å². The van der Waals surface area contributed by atoms with Crippen molar-refractivity contribution in [2.45, 2.75) is 69.6 Å². The Hall–Kier alpha value is -2.25. The fraction of sp³-hybridized carbons (Fsp3) is 0.609. The van der Waals surface area contributed by atoms with Gasteiger partial charge >= 0.3 is 0 Å². The number of carbonyl (C=O) groups excluding carboxylic acids is 3. The van der Waals surface area contributed by atoms with Gasteiger partial charge in [0.05, 0.1) is 0 Å². The summed E-state index contributed by atoms with van der Waals surface area (Å²) in [5.41, 5.74) is 3.03. The summed E-state index contributed by atoms with van der Waals surface area (Å²) in [5.74, 6) is -0.669. The Balaban J connectivity index is 1.40. The summed E-state index contributed by atoms with van der Waals surface area (Å²) in [7, 11) is 0. The number of nitrogens with zero attached hydrogens (tertiary/aromatic N) is 2. The molecule has 0 aromatic heterocycles. The van der Waals surface area contributed by atoms with E-state index in [2.05, 4.69) is 21.6 Å². The number of hydrogen-bond acceptors (Lipinski definition) is 5. The van der Waals surface area contributed by atoms with Gasteiger partial charge in [0.15, 0.2) is 0 Å². The minimum absolute atomic E-state index is 0.0667. The summed E-state index contributed by atoms with van der Waals surface area (Å²) < 4.78 is 0. The van der Waals surface area contributed by atoms with Crippen molar-refractivity contribution in [2.75, 3.05) is 19.6 Å². The molecule has 1 aliphatic carbocycles. The zero-order valence-corrected chi connectivity index (χ0v) is 17.4. The predicted molar refractivity (Wildman–Crippen MR) is 112 cm³/mol. The molecular weight excluding hydrogens is 380 g/mol. The van der Waals surface area contributed by atoms with Gasteiger partial charge in [0.2, 0.25) is 11.8 Å². The van der Waals surface area contributed by atoms with E-state index in [1.807, 2.05) is 12.1 Å². The lowest BCUT2D eigenvalue weighted by Crippen LogP contribution is -2.61. The number of piperazine rings is 1. The average Bonchev–Trinajstić information content (AvgIpc) is 3.08. The lowest BCUT2D eigenvalue weighted by atomic mass is 9.78. The minimum atomic E-state index is -0.556. The Morgan fingerprint density at radius 2 is 1.93 bits per heavy atom. The van der Waals surface area contributed by atoms with E-state index < -0.39 is 6.04 Å². The van der Waals surface area contributed by atoms with Crippen LogP contribution in [0.3, 0.4) is 0 Å². The lowest BCUT2D eigenvalue weighted by Gasteiger charge is -2.50. The third-order valence-corrected chi connectivity index (χ3v) is 7.47. The molecular formula is C23H30N4O3. The molecule has 160 valence electrons. The highest BCUT2D eigenvalue weighted by Gasteiger charge is 2.42. The summed E-state index contributed by atoms with van der Waals surface area (Å²) in [6.45, 7) is 4.22. The molecule has 4 aliphatic rings. The molecule has 1 atom stereocenters. The van der Waals surface area contributed by atoms with Gasteiger partial charge in [0, 0.05) is 50.2 Å². The zero-order valence-electron chi connectivity index (χ0n) is 17.4. The number of piperidine rings is 1. The Morgan fingerprint density at radius 1 is 1.10 bits per heavy atom. The van der Waals surface area contributed by atoms with Gasteiger partial charge in [-0.2, -0.15) is 0 Å². The van der Waals surface area contributed by atoms with Crippen LogP contribution in [0.15, 0.2) is 18.2 Å². The Morgan fingerprint density at radius 3 is 2.73 bits per heavy atom. The van der Waals surface area contributed by atoms with Crippen LogP contribution in [-0.2, 0) is 22.7 Å². The first-order chi connectivity index (χ1) is 14.6. The van der Waals surface area contributed by atoms with Crippen molar-refractivity contribution in [3.63, 3.8) is 0 Å². The standard InChI is InChI=1S/C23H30N4O3/c28-19-8-7-18(21(29)25-19)27-14-17-6-4-5-16(20(17)22(27)30)13-26-12-11-24-15-23(26)9-2-1-3-10-23/h4-6,18,24H,1-3,7-15H2,(H,25,28,29). The molecule has 5 rings (SSSR count). The van der Waals surface area contributed by atoms with Gasteiger partial charge in [0.25, 0.3) is 5.91 Å². The molecule has 30 heavy (non-hydrogen) atoms. The van der Waals surface area contributed by atoms with E-state index in [0.717, 1.165) is 42.9 Å². The maximum atomic E-state index is 13.4. The van der Waals surface area contributed by atoms with Crippen LogP contribution in [0.2, 0.25) is 0 Å². The molecule has 1 aromatic rings. The Bertz CT molecular complexity index is 869. The number of benzene rings is 1. The van der Waals surface area contributed by atoms with Crippen molar-refractivity contribution in [1.82, 2.24) is 20.4 Å². The monoisotopic (exact) mass is 410 g/mol. The number of imide groups is 1. The normalized spacial score (nSPS) is 26.7. The first-order valence-corrected chi connectivity index (χ1v) is 11.3. The fourth-order valence-corrected chi connectivity index (χ4v) is 5.86. The summed E-state index contributed by atoms with van der Waals surface area (Å²) >= 11 is 0. The summed E-state index contributed by atoms with van der Waals surface area (Å²) in [5, 5.41) is 5.98. The molecule has 3 fully saturated rings. The quantitative estimate of drug-likeness (QED) is 0.739. The van der Waals surface area contributed by atoms with E-state index in [1.54, 1.807) is 4.90 Å². The number of hydrogen-bond donors (Lipinski definition) is 2. The zero-order chi connectivity index (χ0) is 20.7. The first kappa shape index (κ1) is 19.7. The van der Waals surface area contributed by atoms with Gasteiger partial charge < -0.3 is 10.2 Å². The van der Waals surface area contributed by atoms with Crippen LogP contribution in [0.4, 0.5) is 0 Å². The second kappa shape index (κ2) is 7.78. The SMILES string of the molecule is O=C1CCC(N2Cc3cccc(CN4CCNCC45CCCCC5)c3C2=O)C(=O)N1. The third kappa shape index (κ3) is 3.34. The van der Waals surface area contributed by atoms with E-state index in [1.165, 1.54) is 32.1 Å². The third-order valence-electron chi connectivity index (χ3n) is 7.47. The van der Waals surface area contributed by atoms with Crippen LogP contribution in [0.5, 0.6) is 0 Å². The number of amides is 3. The van der Waals surface area contributed by atoms with Gasteiger partial charge in [0.1, 0.15) is 6.04 Å². The fourth-order valence-electron chi connectivity index (χ4n) is 5.86. The van der Waals surface area contributed by atoms with E-state index in [4.69, 9.17) is 0 Å². The van der Waals surface area contributed by atoms with Crippen LogP contribution in [-0.4, -0.2) is 58.7 Å². The van der Waals surface area contributed by atoms with Gasteiger partial charge in [-0.25, -0.2) is 0 Å². The van der Waals surface area contributed by atoms with E-state index in [-0.39, 0.29) is 29.7 Å². The van der Waals surface area contributed by atoms with Crippen LogP contribution in [0, 0.1) is 0 Å². The summed E-state index contributed by atoms with van der Waals surface area (Å²) in [4.78, 5) is 41.5. The first-order valence-electron chi connectivity index (χ1n) is 11.3. The van der Waals surface area contributed by atoms with E-state index in [9.17, 15) is 14.4 Å². The van der Waals surface area contributed by atoms with Crippen molar-refractivity contribution in [3.8, 4) is 0 Å². The largest absolute Gasteiger partial charge is 0.322 e. The van der Waals surface area contributed by atoms with Crippen molar-refractivity contribution in [2.24, 2.45) is 0 Å². The van der Waals surface area contributed by atoms with Crippen molar-refractivity contribution < 1.29 is 14.4 Å². The lowest BCUT2D eigenvalue weighted by molar-refractivity contribution is -0.136. The van der Waals surface area contributed by atoms with Crippen LogP contribution >= 0.6 is 0 Å². The summed E-state index contributed by atoms with van der Waals surface area (Å²) in [6, 6.07) is 5.55. The second-order valence-electron chi connectivity index (χ2n) is 9.23. The molecule has 1 saturated carbocycles. The predicted octanol–water partition coefficient (Wildman–Crippen LogP) is 1.56. The van der Waals surface area contributed by atoms with Crippen molar-refractivity contribution in [1.29, 1.82) is 0 Å². The maximum absolute atomic E-state index is 13.4. The molecule has 0 bridgehead atoms. The Kier molecular flexibility index (Phi) is 5.11. The molecule has 1 unspecified atom stereocenters. The van der Waals surface area contributed by atoms with E-state index in [0.29, 0.717) is 13.0 Å². The highest BCUT2D eigenvalue weighted by Crippen LogP contribution is 2.37. The van der Waals surface area contributed by atoms with Gasteiger partial charge in [-0.05, 0) is 30.4 Å². The van der Waals surface area contributed by atoms with Crippen molar-refractivity contribution >= 4 is 17.7 Å². The molecule has 1 aromatic carbocycles. The topological polar surface area (TPSA) is 81.8 Å². The van der Waals surface area contributed by atoms with Gasteiger partial charge in [-0.15, -0.1) is 0 Å². The highest BCUT2D eigenvalue weighted by atomic mass is 16.2. The maximum Gasteiger partial charge on any atom is 0.255 e. The number of carbonyl (C=O) groups is 3. The van der Waals surface area contributed by atoms with Gasteiger partial charge in [-0.3, -0.25) is 24.6 Å². The number of rotatable bonds is 3. The molecule has 3 amide bonds. The molecule has 2 N–H and O–H groups in total. The van der Waals surface area contributed by atoms with Gasteiger partial charge in [-0.1, -0.05) is 37.5 Å². The molecule has 7 heteroatoms. The molecule has 0 radical (unpaired) electrons. The molecule has 2 saturated heterocycles. The highest BCUT2D eigenvalue weighted by molar-refractivity contribution is 6.06. The molecule has 7 nitrogen and oxygen atoms in total.